The highest BCUT2D eigenvalue weighted by Gasteiger charge is 2.51. The van der Waals surface area contributed by atoms with Crippen molar-refractivity contribution in [3.63, 3.8) is 0 Å². The van der Waals surface area contributed by atoms with E-state index in [9.17, 15) is 38.4 Å². The van der Waals surface area contributed by atoms with Gasteiger partial charge in [-0.2, -0.15) is 0 Å². The summed E-state index contributed by atoms with van der Waals surface area (Å²) in [5.74, 6) is -7.54. The predicted molar refractivity (Wildman–Crippen MR) is 380 cm³/mol. The Bertz CT molecular complexity index is 3120. The number of halogens is 2. The van der Waals surface area contributed by atoms with Crippen LogP contribution >= 0.6 is 23.2 Å². The van der Waals surface area contributed by atoms with Gasteiger partial charge in [0, 0.05) is 69.0 Å². The number of hydrogen-bond donors (Lipinski definition) is 3. The summed E-state index contributed by atoms with van der Waals surface area (Å²) in [6.45, 7) is 10.1. The molecule has 0 aromatic heterocycles. The summed E-state index contributed by atoms with van der Waals surface area (Å²) in [5, 5.41) is 9.30. The van der Waals surface area contributed by atoms with Crippen LogP contribution in [0.1, 0.15) is 195 Å². The first kappa shape index (κ1) is 80.6. The smallest absolute Gasteiger partial charge is 0.248 e. The molecule has 6 fully saturated rings. The molecule has 27 heteroatoms. The number of amides is 12. The van der Waals surface area contributed by atoms with Gasteiger partial charge in [0.2, 0.25) is 70.9 Å². The van der Waals surface area contributed by atoms with Crippen molar-refractivity contribution < 1.29 is 62.3 Å². The summed E-state index contributed by atoms with van der Waals surface area (Å²) < 4.78 is 6.18. The second-order valence-corrected chi connectivity index (χ2v) is 31.3. The van der Waals surface area contributed by atoms with Gasteiger partial charge >= 0.3 is 0 Å². The summed E-state index contributed by atoms with van der Waals surface area (Å²) in [6, 6.07) is -4.94. The number of likely N-dealkylation sites (tertiary alicyclic amines) is 1. The van der Waals surface area contributed by atoms with E-state index in [1.54, 1.807) is 31.0 Å². The van der Waals surface area contributed by atoms with Crippen LogP contribution in [0.4, 0.5) is 0 Å². The molecule has 6 aliphatic rings. The summed E-state index contributed by atoms with van der Waals surface area (Å²) in [4.78, 5) is 191. The maximum absolute atomic E-state index is 15.7. The molecule has 1 aromatic rings. The zero-order chi connectivity index (χ0) is 73.7. The molecule has 8 atom stereocenters. The van der Waals surface area contributed by atoms with Crippen LogP contribution in [0.2, 0.25) is 10.0 Å². The van der Waals surface area contributed by atoms with Gasteiger partial charge in [0.15, 0.2) is 0 Å². The lowest BCUT2D eigenvalue weighted by molar-refractivity contribution is -0.157. The van der Waals surface area contributed by atoms with E-state index in [-0.39, 0.29) is 67.0 Å². The highest BCUT2D eigenvalue weighted by Crippen LogP contribution is 2.39. The molecule has 1 aromatic carbocycles. The molecule has 3 heterocycles. The Morgan fingerprint density at radius 2 is 1.23 bits per heavy atom. The Kier molecular flexibility index (Phi) is 28.9. The average molecular weight is 1440 g/mol. The van der Waals surface area contributed by atoms with Crippen LogP contribution in [0.15, 0.2) is 12.1 Å². The Balaban J connectivity index is 1.28. The van der Waals surface area contributed by atoms with Gasteiger partial charge in [-0.25, -0.2) is 0 Å². The topological polar surface area (TPSA) is 279 Å². The molecule has 25 nitrogen and oxygen atoms in total. The monoisotopic (exact) mass is 1440 g/mol. The van der Waals surface area contributed by atoms with E-state index in [2.05, 4.69) is 16.0 Å². The molecular formula is C73H114Cl2N12O13. The first-order chi connectivity index (χ1) is 47.2. The van der Waals surface area contributed by atoms with E-state index < -0.39 is 156 Å². The molecule has 12 amide bonds. The van der Waals surface area contributed by atoms with E-state index in [1.807, 2.05) is 27.7 Å². The normalized spacial score (nSPS) is 26.9. The third kappa shape index (κ3) is 20.3. The Morgan fingerprint density at radius 1 is 0.630 bits per heavy atom. The first-order valence-electron chi connectivity index (χ1n) is 36.7. The second kappa shape index (κ2) is 35.9. The number of fused-ring (bicyclic) bond motifs is 1. The van der Waals surface area contributed by atoms with Gasteiger partial charge in [0.25, 0.3) is 0 Å². The van der Waals surface area contributed by atoms with Crippen molar-refractivity contribution in [3.05, 3.63) is 27.7 Å². The fourth-order valence-corrected chi connectivity index (χ4v) is 15.8. The lowest BCUT2D eigenvalue weighted by Gasteiger charge is -2.43. The van der Waals surface area contributed by atoms with Crippen LogP contribution in [0.5, 0.6) is 5.75 Å². The van der Waals surface area contributed by atoms with Crippen molar-refractivity contribution >= 4 is 94.1 Å². The van der Waals surface area contributed by atoms with E-state index in [0.717, 1.165) is 67.6 Å². The van der Waals surface area contributed by atoms with Crippen molar-refractivity contribution in [2.24, 2.45) is 17.8 Å². The number of carbonyl (C=O) groups excluding carboxylic acids is 12. The SMILES string of the molecule is CC[C@H](C)[C@@H]1NC(=O)[C@H](C)N(C)C(=O)C[C@@H](C(=O)N2CCCCC2)N(C)C(=O)[C@H](C2CCCCC2)N(C)C(=O)C2(CCCC2)NC(=O)[C@@H]2CCCN2C(=O)[C@H](CCc2cc(Cl)c(Cl)c(OC(C)(C)C)c2)NC(=O)CN(C)C(=O)[C@H](CC2CCCCC2)N(C)C(=O)CN(C)C(=O)CN(C)C1=O. The molecule has 0 radical (unpaired) electrons. The number of benzene rings is 1. The molecule has 3 saturated carbocycles. The lowest BCUT2D eigenvalue weighted by Crippen LogP contribution is -2.65. The molecule has 3 N–H and O–H groups in total. The first-order valence-corrected chi connectivity index (χ1v) is 37.4. The van der Waals surface area contributed by atoms with Gasteiger partial charge in [0.05, 0.1) is 31.1 Å². The highest BCUT2D eigenvalue weighted by atomic mass is 35.5. The van der Waals surface area contributed by atoms with Crippen LogP contribution in [0, 0.1) is 17.8 Å². The van der Waals surface area contributed by atoms with Crippen molar-refractivity contribution in [2.75, 3.05) is 88.6 Å². The highest BCUT2D eigenvalue weighted by molar-refractivity contribution is 6.43. The molecular weight excluding hydrogens is 1320 g/mol. The van der Waals surface area contributed by atoms with Crippen LogP contribution < -0.4 is 20.7 Å². The van der Waals surface area contributed by atoms with Gasteiger partial charge in [-0.1, -0.05) is 108 Å². The number of piperidine rings is 1. The summed E-state index contributed by atoms with van der Waals surface area (Å²) in [5.41, 5.74) is -1.55. The molecule has 558 valence electrons. The molecule has 3 aliphatic carbocycles. The molecule has 7 rings (SSSR count). The van der Waals surface area contributed by atoms with Crippen LogP contribution in [-0.4, -0.2) is 257 Å². The van der Waals surface area contributed by atoms with E-state index in [1.165, 1.54) is 78.6 Å². The zero-order valence-corrected chi connectivity index (χ0v) is 63.2. The number of ether oxygens (including phenoxy) is 1. The minimum atomic E-state index is -1.51. The van der Waals surface area contributed by atoms with Gasteiger partial charge in [-0.3, -0.25) is 57.5 Å². The van der Waals surface area contributed by atoms with E-state index >= 15 is 19.2 Å². The summed E-state index contributed by atoms with van der Waals surface area (Å²) in [7, 11) is 10.2. The molecule has 1 spiro atoms. The maximum Gasteiger partial charge on any atom is 0.248 e. The third-order valence-electron chi connectivity index (χ3n) is 22.0. The minimum Gasteiger partial charge on any atom is -0.487 e. The number of carbonyl (C=O) groups is 12. The summed E-state index contributed by atoms with van der Waals surface area (Å²) >= 11 is 13.3. The van der Waals surface area contributed by atoms with Crippen LogP contribution in [0.25, 0.3) is 0 Å². The van der Waals surface area contributed by atoms with Gasteiger partial charge in [-0.05, 0) is 140 Å². The average Bonchev–Trinajstić information content (AvgIpc) is 1.20. The minimum absolute atomic E-state index is 0.0144. The molecule has 100 heavy (non-hydrogen) atoms. The largest absolute Gasteiger partial charge is 0.487 e. The molecule has 0 bridgehead atoms. The molecule has 0 unspecified atom stereocenters. The standard InChI is InChI=1S/C73H114Cl2N12O13/c1-14-46(2)62-69(97)81(9)44-59(90)79(7)45-60(91)83(11)54(40-48-27-18-15-19-28-48)67(95)80(8)43-57(88)76-52(33-32-49-39-51(74)61(75)56(41-49)100-72(4,5)6)66(94)87-38-26-31-53(87)65(93)78-73(34-22-23-35-73)71(99)85(13)63(50-29-20-16-21-30-50)70(98)84(12)55(68(96)86-36-24-17-25-37-86)42-58(89)82(10)47(3)64(92)77-62/h39,41,46-48,50,52-55,62-63H,14-38,40,42-45H2,1-13H3,(H,76,88)(H,77,92)(H,78,93)/t46-,47-,52-,53-,54-,55-,62-,63-/m0/s1. The number of rotatable bonds is 10. The third-order valence-corrected chi connectivity index (χ3v) is 22.8. The number of hydrogen-bond acceptors (Lipinski definition) is 13. The molecule has 3 aliphatic heterocycles. The Labute approximate surface area is 602 Å². The molecule has 3 saturated heterocycles. The quantitative estimate of drug-likeness (QED) is 0.235. The zero-order valence-electron chi connectivity index (χ0n) is 61.7. The van der Waals surface area contributed by atoms with Crippen LogP contribution in [-0.2, 0) is 64.0 Å². The predicted octanol–water partition coefficient (Wildman–Crippen LogP) is 6.21. The number of nitrogens with zero attached hydrogens (tertiary/aromatic N) is 9. The fourth-order valence-electron chi connectivity index (χ4n) is 15.4. The maximum atomic E-state index is 15.7. The van der Waals surface area contributed by atoms with E-state index in [0.29, 0.717) is 75.8 Å². The van der Waals surface area contributed by atoms with Crippen molar-refractivity contribution in [2.45, 2.75) is 249 Å². The number of likely N-dealkylation sites (N-methyl/N-ethyl adjacent to an activating group) is 7. The van der Waals surface area contributed by atoms with Crippen molar-refractivity contribution in [1.29, 1.82) is 0 Å². The second-order valence-electron chi connectivity index (χ2n) is 30.5. The van der Waals surface area contributed by atoms with Gasteiger partial charge < -0.3 is 64.8 Å². The van der Waals surface area contributed by atoms with Crippen molar-refractivity contribution in [3.8, 4) is 5.75 Å². The number of nitrogens with one attached hydrogen (secondary N) is 3. The number of aryl methyl sites for hydroxylation is 1. The van der Waals surface area contributed by atoms with Gasteiger partial charge in [0.1, 0.15) is 64.2 Å². The summed E-state index contributed by atoms with van der Waals surface area (Å²) in [6.07, 6.45) is 13.0. The fraction of sp³-hybridized carbons (Fsp3) is 0.753. The lowest BCUT2D eigenvalue weighted by atomic mass is 9.81. The Hall–Kier alpha value is -6.76. The van der Waals surface area contributed by atoms with Crippen LogP contribution in [0.3, 0.4) is 0 Å². The van der Waals surface area contributed by atoms with E-state index in [4.69, 9.17) is 27.9 Å². The van der Waals surface area contributed by atoms with Crippen molar-refractivity contribution in [1.82, 2.24) is 60.0 Å². The van der Waals surface area contributed by atoms with Gasteiger partial charge in [-0.15, -0.1) is 0 Å². The Morgan fingerprint density at radius 3 is 1.85 bits per heavy atom.